The molecule has 0 aliphatic rings. The molecule has 1 rings (SSSR count). The molecule has 0 aliphatic carbocycles. The molecule has 0 saturated carbocycles. The Morgan fingerprint density at radius 2 is 1.90 bits per heavy atom. The number of carbonyl (C=O) groups is 2. The number of urea groups is 1. The third-order valence-corrected chi connectivity index (χ3v) is 3.70. The van der Waals surface area contributed by atoms with E-state index in [0.29, 0.717) is 6.42 Å². The summed E-state index contributed by atoms with van der Waals surface area (Å²) >= 11 is 3.35. The second-order valence-corrected chi connectivity index (χ2v) is 5.51. The SMILES string of the molecule is CCC(C(=O)O)N(C)C(=O)NC(C)c1ccc(Br)cc1. The van der Waals surface area contributed by atoms with Crippen molar-refractivity contribution in [1.29, 1.82) is 0 Å². The number of rotatable bonds is 5. The van der Waals surface area contributed by atoms with Gasteiger partial charge in [0.1, 0.15) is 6.04 Å². The zero-order chi connectivity index (χ0) is 15.3. The Kier molecular flexibility index (Phi) is 6.01. The molecule has 0 heterocycles. The zero-order valence-corrected chi connectivity index (χ0v) is 13.3. The Balaban J connectivity index is 2.69. The molecule has 2 amide bonds. The van der Waals surface area contributed by atoms with Crippen molar-refractivity contribution >= 4 is 27.9 Å². The fourth-order valence-corrected chi connectivity index (χ4v) is 2.14. The normalized spacial score (nSPS) is 13.4. The molecule has 1 aromatic carbocycles. The lowest BCUT2D eigenvalue weighted by atomic mass is 10.1. The molecular weight excluding hydrogens is 324 g/mol. The van der Waals surface area contributed by atoms with Gasteiger partial charge in [-0.15, -0.1) is 0 Å². The second-order valence-electron chi connectivity index (χ2n) is 4.60. The van der Waals surface area contributed by atoms with Crippen molar-refractivity contribution < 1.29 is 14.7 Å². The van der Waals surface area contributed by atoms with E-state index in [2.05, 4.69) is 21.2 Å². The lowest BCUT2D eigenvalue weighted by molar-refractivity contribution is -0.141. The molecule has 2 atom stereocenters. The van der Waals surface area contributed by atoms with Crippen molar-refractivity contribution in [3.8, 4) is 0 Å². The van der Waals surface area contributed by atoms with E-state index in [4.69, 9.17) is 5.11 Å². The lowest BCUT2D eigenvalue weighted by Gasteiger charge is -2.26. The summed E-state index contributed by atoms with van der Waals surface area (Å²) < 4.78 is 0.966. The minimum Gasteiger partial charge on any atom is -0.480 e. The van der Waals surface area contributed by atoms with Gasteiger partial charge in [-0.2, -0.15) is 0 Å². The van der Waals surface area contributed by atoms with E-state index < -0.39 is 18.0 Å². The Labute approximate surface area is 127 Å². The highest BCUT2D eigenvalue weighted by atomic mass is 79.9. The number of hydrogen-bond acceptors (Lipinski definition) is 2. The molecule has 0 saturated heterocycles. The number of nitrogens with zero attached hydrogens (tertiary/aromatic N) is 1. The third kappa shape index (κ3) is 4.23. The Bertz CT molecular complexity index is 476. The van der Waals surface area contributed by atoms with E-state index in [9.17, 15) is 9.59 Å². The molecule has 2 unspecified atom stereocenters. The molecular formula is C14H19BrN2O3. The minimum atomic E-state index is -0.999. The number of aliphatic carboxylic acids is 1. The number of likely N-dealkylation sites (N-methyl/N-ethyl adjacent to an activating group) is 1. The highest BCUT2D eigenvalue weighted by Gasteiger charge is 2.25. The van der Waals surface area contributed by atoms with Gasteiger partial charge in [-0.3, -0.25) is 0 Å². The van der Waals surface area contributed by atoms with E-state index in [-0.39, 0.29) is 6.04 Å². The standard InChI is InChI=1S/C14H19BrN2O3/c1-4-12(13(18)19)17(3)14(20)16-9(2)10-5-7-11(15)8-6-10/h5-9,12H,4H2,1-3H3,(H,16,20)(H,18,19). The van der Waals surface area contributed by atoms with Gasteiger partial charge in [-0.05, 0) is 31.0 Å². The lowest BCUT2D eigenvalue weighted by Crippen LogP contribution is -2.47. The van der Waals surface area contributed by atoms with Crippen LogP contribution >= 0.6 is 15.9 Å². The van der Waals surface area contributed by atoms with Gasteiger partial charge in [0, 0.05) is 11.5 Å². The van der Waals surface area contributed by atoms with E-state index in [1.165, 1.54) is 11.9 Å². The van der Waals surface area contributed by atoms with Crippen LogP contribution in [0.4, 0.5) is 4.79 Å². The predicted molar refractivity (Wildman–Crippen MR) is 80.6 cm³/mol. The van der Waals surface area contributed by atoms with Crippen LogP contribution in [0.25, 0.3) is 0 Å². The van der Waals surface area contributed by atoms with E-state index in [1.807, 2.05) is 31.2 Å². The van der Waals surface area contributed by atoms with Gasteiger partial charge in [0.25, 0.3) is 0 Å². The van der Waals surface area contributed by atoms with Crippen molar-refractivity contribution in [3.05, 3.63) is 34.3 Å². The first-order chi connectivity index (χ1) is 9.36. The molecule has 0 radical (unpaired) electrons. The zero-order valence-electron chi connectivity index (χ0n) is 11.8. The molecule has 20 heavy (non-hydrogen) atoms. The summed E-state index contributed by atoms with van der Waals surface area (Å²) in [4.78, 5) is 24.3. The Morgan fingerprint density at radius 1 is 1.35 bits per heavy atom. The minimum absolute atomic E-state index is 0.190. The second kappa shape index (κ2) is 7.28. The van der Waals surface area contributed by atoms with Crippen molar-refractivity contribution in [3.63, 3.8) is 0 Å². The maximum atomic E-state index is 12.0. The average molecular weight is 343 g/mol. The highest BCUT2D eigenvalue weighted by molar-refractivity contribution is 9.10. The van der Waals surface area contributed by atoms with Crippen molar-refractivity contribution in [2.75, 3.05) is 7.05 Å². The molecule has 6 heteroatoms. The van der Waals surface area contributed by atoms with Crippen LogP contribution in [0.3, 0.4) is 0 Å². The summed E-state index contributed by atoms with van der Waals surface area (Å²) in [6.45, 7) is 3.59. The van der Waals surface area contributed by atoms with E-state index >= 15 is 0 Å². The van der Waals surface area contributed by atoms with Crippen LogP contribution in [0.15, 0.2) is 28.7 Å². The maximum absolute atomic E-state index is 12.0. The number of carboxylic acid groups (broad SMARTS) is 1. The number of amides is 2. The smallest absolute Gasteiger partial charge is 0.326 e. The van der Waals surface area contributed by atoms with Gasteiger partial charge < -0.3 is 15.3 Å². The molecule has 1 aromatic rings. The van der Waals surface area contributed by atoms with Gasteiger partial charge in [-0.25, -0.2) is 9.59 Å². The van der Waals surface area contributed by atoms with E-state index in [0.717, 1.165) is 10.0 Å². The number of carboxylic acids is 1. The summed E-state index contributed by atoms with van der Waals surface area (Å²) in [5.41, 5.74) is 0.957. The van der Waals surface area contributed by atoms with Gasteiger partial charge in [0.05, 0.1) is 6.04 Å². The molecule has 0 spiro atoms. The van der Waals surface area contributed by atoms with Crippen LogP contribution in [0.1, 0.15) is 31.9 Å². The quantitative estimate of drug-likeness (QED) is 0.863. The maximum Gasteiger partial charge on any atom is 0.326 e. The number of nitrogens with one attached hydrogen (secondary N) is 1. The summed E-state index contributed by atoms with van der Waals surface area (Å²) in [7, 11) is 1.49. The van der Waals surface area contributed by atoms with Gasteiger partial charge >= 0.3 is 12.0 Å². The molecule has 0 aromatic heterocycles. The number of benzene rings is 1. The summed E-state index contributed by atoms with van der Waals surface area (Å²) in [6, 6.07) is 6.21. The average Bonchev–Trinajstić information content (AvgIpc) is 2.39. The highest BCUT2D eigenvalue weighted by Crippen LogP contribution is 2.17. The number of halogens is 1. The molecule has 0 fully saturated rings. The summed E-state index contributed by atoms with van der Waals surface area (Å²) in [5, 5.41) is 11.8. The Morgan fingerprint density at radius 3 is 2.35 bits per heavy atom. The van der Waals surface area contributed by atoms with Crippen LogP contribution in [0.5, 0.6) is 0 Å². The molecule has 2 N–H and O–H groups in total. The summed E-state index contributed by atoms with van der Waals surface area (Å²) in [6.07, 6.45) is 0.367. The van der Waals surface area contributed by atoms with E-state index in [1.54, 1.807) is 6.92 Å². The monoisotopic (exact) mass is 342 g/mol. The van der Waals surface area contributed by atoms with Gasteiger partial charge in [0.15, 0.2) is 0 Å². The fraction of sp³-hybridized carbons (Fsp3) is 0.429. The van der Waals surface area contributed by atoms with Crippen LogP contribution in [-0.4, -0.2) is 35.1 Å². The largest absolute Gasteiger partial charge is 0.480 e. The Hall–Kier alpha value is -1.56. The number of carbonyl (C=O) groups excluding carboxylic acids is 1. The third-order valence-electron chi connectivity index (χ3n) is 3.17. The molecule has 5 nitrogen and oxygen atoms in total. The van der Waals surface area contributed by atoms with Gasteiger partial charge in [-0.1, -0.05) is 35.0 Å². The van der Waals surface area contributed by atoms with Crippen molar-refractivity contribution in [2.24, 2.45) is 0 Å². The first kappa shape index (κ1) is 16.5. The van der Waals surface area contributed by atoms with Crippen LogP contribution in [0, 0.1) is 0 Å². The van der Waals surface area contributed by atoms with Gasteiger partial charge in [0.2, 0.25) is 0 Å². The topological polar surface area (TPSA) is 69.6 Å². The van der Waals surface area contributed by atoms with Crippen molar-refractivity contribution in [1.82, 2.24) is 10.2 Å². The first-order valence-electron chi connectivity index (χ1n) is 6.38. The first-order valence-corrected chi connectivity index (χ1v) is 7.17. The molecule has 0 bridgehead atoms. The number of hydrogen-bond donors (Lipinski definition) is 2. The predicted octanol–water partition coefficient (Wildman–Crippen LogP) is 3.01. The summed E-state index contributed by atoms with van der Waals surface area (Å²) in [5.74, 6) is -0.999. The molecule has 110 valence electrons. The van der Waals surface area contributed by atoms with Crippen LogP contribution in [-0.2, 0) is 4.79 Å². The van der Waals surface area contributed by atoms with Crippen molar-refractivity contribution in [2.45, 2.75) is 32.4 Å². The fourth-order valence-electron chi connectivity index (χ4n) is 1.88. The molecule has 0 aliphatic heterocycles. The van der Waals surface area contributed by atoms with Crippen LogP contribution in [0.2, 0.25) is 0 Å². The van der Waals surface area contributed by atoms with Crippen LogP contribution < -0.4 is 5.32 Å².